The molecule has 2 aromatic carbocycles. The molecule has 1 saturated heterocycles. The zero-order valence-corrected chi connectivity index (χ0v) is 14.1. The summed E-state index contributed by atoms with van der Waals surface area (Å²) in [5.41, 5.74) is 2.79. The van der Waals surface area contributed by atoms with Gasteiger partial charge in [0, 0.05) is 0 Å². The highest BCUT2D eigenvalue weighted by Gasteiger charge is 2.33. The average molecular weight is 343 g/mol. The highest BCUT2D eigenvalue weighted by Crippen LogP contribution is 2.36. The van der Waals surface area contributed by atoms with Crippen molar-refractivity contribution in [3.8, 4) is 0 Å². The molecule has 116 valence electrons. The van der Waals surface area contributed by atoms with Gasteiger partial charge in [-0.25, -0.2) is 4.39 Å². The second-order valence-corrected chi connectivity index (χ2v) is 6.76. The Labute approximate surface area is 144 Å². The molecule has 0 radical (unpaired) electrons. The molecule has 1 aliphatic heterocycles. The molecule has 0 saturated carbocycles. The smallest absolute Gasteiger partial charge is 0.268 e. The van der Waals surface area contributed by atoms with E-state index in [0.29, 0.717) is 14.9 Å². The number of rotatable bonds is 3. The van der Waals surface area contributed by atoms with E-state index >= 15 is 0 Å². The lowest BCUT2D eigenvalue weighted by Gasteiger charge is -2.14. The topological polar surface area (TPSA) is 20.3 Å². The van der Waals surface area contributed by atoms with E-state index in [1.54, 1.807) is 12.1 Å². The summed E-state index contributed by atoms with van der Waals surface area (Å²) in [7, 11) is 0. The molecule has 0 spiro atoms. The Hall–Kier alpha value is -1.98. The Bertz CT molecular complexity index is 782. The molecule has 2 nitrogen and oxygen atoms in total. The first-order chi connectivity index (χ1) is 11.1. The summed E-state index contributed by atoms with van der Waals surface area (Å²) in [6.07, 6.45) is 2.81. The second-order valence-electron chi connectivity index (χ2n) is 5.09. The largest absolute Gasteiger partial charge is 0.270 e. The van der Waals surface area contributed by atoms with E-state index in [1.807, 2.05) is 30.3 Å². The zero-order chi connectivity index (χ0) is 16.4. The SMILES string of the molecule is CCc1ccc(/C=C2/SC(=S)N(c3ccc(F)cc3)C2=O)cc1. The van der Waals surface area contributed by atoms with Gasteiger partial charge in [-0.05, 0) is 47.9 Å². The van der Waals surface area contributed by atoms with E-state index in [9.17, 15) is 9.18 Å². The molecule has 0 aromatic heterocycles. The monoisotopic (exact) mass is 343 g/mol. The number of hydrogen-bond acceptors (Lipinski definition) is 3. The van der Waals surface area contributed by atoms with E-state index < -0.39 is 0 Å². The fourth-order valence-electron chi connectivity index (χ4n) is 2.28. The van der Waals surface area contributed by atoms with Crippen molar-refractivity contribution in [2.45, 2.75) is 13.3 Å². The van der Waals surface area contributed by atoms with Crippen LogP contribution in [0.1, 0.15) is 18.1 Å². The molecule has 0 aliphatic carbocycles. The van der Waals surface area contributed by atoms with Crippen LogP contribution in [0, 0.1) is 5.82 Å². The maximum atomic E-state index is 13.0. The van der Waals surface area contributed by atoms with Crippen molar-refractivity contribution in [3.63, 3.8) is 0 Å². The summed E-state index contributed by atoms with van der Waals surface area (Å²) in [6, 6.07) is 13.8. The average Bonchev–Trinajstić information content (AvgIpc) is 2.83. The quantitative estimate of drug-likeness (QED) is 0.590. The molecule has 5 heteroatoms. The summed E-state index contributed by atoms with van der Waals surface area (Å²) >= 11 is 6.56. The van der Waals surface area contributed by atoms with Crippen molar-refractivity contribution in [2.75, 3.05) is 4.90 Å². The van der Waals surface area contributed by atoms with Crippen molar-refractivity contribution < 1.29 is 9.18 Å². The molecule has 1 amide bonds. The lowest BCUT2D eigenvalue weighted by molar-refractivity contribution is -0.113. The lowest BCUT2D eigenvalue weighted by Crippen LogP contribution is -2.27. The molecule has 3 rings (SSSR count). The van der Waals surface area contributed by atoms with Gasteiger partial charge in [-0.2, -0.15) is 0 Å². The van der Waals surface area contributed by atoms with Crippen molar-refractivity contribution in [1.29, 1.82) is 0 Å². The first kappa shape index (κ1) is 15.9. The Balaban J connectivity index is 1.88. The van der Waals surface area contributed by atoms with Gasteiger partial charge in [-0.3, -0.25) is 9.69 Å². The molecule has 23 heavy (non-hydrogen) atoms. The summed E-state index contributed by atoms with van der Waals surface area (Å²) in [5.74, 6) is -0.517. The number of carbonyl (C=O) groups is 1. The van der Waals surface area contributed by atoms with Gasteiger partial charge in [0.15, 0.2) is 4.32 Å². The van der Waals surface area contributed by atoms with Crippen LogP contribution in [0.3, 0.4) is 0 Å². The summed E-state index contributed by atoms with van der Waals surface area (Å²) in [6.45, 7) is 2.10. The number of carbonyl (C=O) groups excluding carboxylic acids is 1. The Morgan fingerprint density at radius 2 is 1.78 bits per heavy atom. The summed E-state index contributed by atoms with van der Waals surface area (Å²) < 4.78 is 13.5. The Kier molecular flexibility index (Phi) is 4.59. The van der Waals surface area contributed by atoms with Crippen molar-refractivity contribution >= 4 is 46.0 Å². The van der Waals surface area contributed by atoms with Gasteiger partial charge < -0.3 is 0 Å². The molecular formula is C18H14FNOS2. The third-order valence-corrected chi connectivity index (χ3v) is 4.87. The summed E-state index contributed by atoms with van der Waals surface area (Å²) in [4.78, 5) is 14.6. The fraction of sp³-hybridized carbons (Fsp3) is 0.111. The van der Waals surface area contributed by atoms with Crippen LogP contribution in [0.4, 0.5) is 10.1 Å². The van der Waals surface area contributed by atoms with Crippen LogP contribution >= 0.6 is 24.0 Å². The molecule has 1 aliphatic rings. The standard InChI is InChI=1S/C18H14FNOS2/c1-2-12-3-5-13(6-4-12)11-16-17(21)20(18(22)23-16)15-9-7-14(19)8-10-15/h3-11H,2H2,1H3/b16-11+. The van der Waals surface area contributed by atoms with Crippen molar-refractivity contribution in [3.05, 3.63) is 70.4 Å². The highest BCUT2D eigenvalue weighted by atomic mass is 32.2. The molecule has 2 aromatic rings. The predicted molar refractivity (Wildman–Crippen MR) is 97.9 cm³/mol. The number of hydrogen-bond donors (Lipinski definition) is 0. The molecular weight excluding hydrogens is 329 g/mol. The number of amides is 1. The maximum absolute atomic E-state index is 13.0. The number of benzene rings is 2. The number of nitrogens with zero attached hydrogens (tertiary/aromatic N) is 1. The molecule has 0 atom stereocenters. The van der Waals surface area contributed by atoms with E-state index in [2.05, 4.69) is 6.92 Å². The zero-order valence-electron chi connectivity index (χ0n) is 12.5. The normalized spacial score (nSPS) is 16.4. The highest BCUT2D eigenvalue weighted by molar-refractivity contribution is 8.27. The molecule has 1 heterocycles. The van der Waals surface area contributed by atoms with E-state index in [0.717, 1.165) is 12.0 Å². The predicted octanol–water partition coefficient (Wildman–Crippen LogP) is 4.79. The van der Waals surface area contributed by atoms with Crippen LogP contribution < -0.4 is 4.90 Å². The van der Waals surface area contributed by atoms with Crippen LogP contribution in [-0.4, -0.2) is 10.2 Å². The third-order valence-electron chi connectivity index (χ3n) is 3.56. The van der Waals surface area contributed by atoms with Gasteiger partial charge in [0.1, 0.15) is 5.82 Å². The first-order valence-electron chi connectivity index (χ1n) is 7.21. The minimum absolute atomic E-state index is 0.175. The van der Waals surface area contributed by atoms with E-state index in [4.69, 9.17) is 12.2 Å². The van der Waals surface area contributed by atoms with Crippen LogP contribution in [0.5, 0.6) is 0 Å². The minimum atomic E-state index is -0.342. The van der Waals surface area contributed by atoms with Gasteiger partial charge in [0.25, 0.3) is 5.91 Å². The van der Waals surface area contributed by atoms with Crippen LogP contribution in [0.2, 0.25) is 0 Å². The Morgan fingerprint density at radius 3 is 2.39 bits per heavy atom. The van der Waals surface area contributed by atoms with Crippen LogP contribution in [0.15, 0.2) is 53.4 Å². The van der Waals surface area contributed by atoms with Gasteiger partial charge >= 0.3 is 0 Å². The molecule has 1 fully saturated rings. The third kappa shape index (κ3) is 3.35. The van der Waals surface area contributed by atoms with Gasteiger partial charge in [0.2, 0.25) is 0 Å². The number of halogens is 1. The first-order valence-corrected chi connectivity index (χ1v) is 8.43. The van der Waals surface area contributed by atoms with Crippen LogP contribution in [0.25, 0.3) is 6.08 Å². The number of anilines is 1. The van der Waals surface area contributed by atoms with Gasteiger partial charge in [0.05, 0.1) is 10.6 Å². The summed E-state index contributed by atoms with van der Waals surface area (Å²) in [5, 5.41) is 0. The van der Waals surface area contributed by atoms with Crippen molar-refractivity contribution in [1.82, 2.24) is 0 Å². The second kappa shape index (κ2) is 6.64. The van der Waals surface area contributed by atoms with E-state index in [1.165, 1.54) is 34.4 Å². The Morgan fingerprint density at radius 1 is 1.13 bits per heavy atom. The lowest BCUT2D eigenvalue weighted by atomic mass is 10.1. The fourth-order valence-corrected chi connectivity index (χ4v) is 3.58. The van der Waals surface area contributed by atoms with Crippen molar-refractivity contribution in [2.24, 2.45) is 0 Å². The molecule has 0 N–H and O–H groups in total. The molecule has 0 unspecified atom stereocenters. The minimum Gasteiger partial charge on any atom is -0.268 e. The van der Waals surface area contributed by atoms with Gasteiger partial charge in [-0.15, -0.1) is 0 Å². The van der Waals surface area contributed by atoms with Crippen LogP contribution in [-0.2, 0) is 11.2 Å². The van der Waals surface area contributed by atoms with E-state index in [-0.39, 0.29) is 11.7 Å². The van der Waals surface area contributed by atoms with Gasteiger partial charge in [-0.1, -0.05) is 55.2 Å². The number of thioether (sulfide) groups is 1. The number of aryl methyl sites for hydroxylation is 1. The number of thiocarbonyl (C=S) groups is 1. The maximum Gasteiger partial charge on any atom is 0.270 e. The molecule has 0 bridgehead atoms.